The van der Waals surface area contributed by atoms with Crippen LogP contribution in [-0.4, -0.2) is 35.4 Å². The van der Waals surface area contributed by atoms with Crippen molar-refractivity contribution in [3.05, 3.63) is 0 Å². The second kappa shape index (κ2) is 5.94. The molecule has 0 aromatic heterocycles. The van der Waals surface area contributed by atoms with Crippen LogP contribution in [0.5, 0.6) is 0 Å². The Balaban J connectivity index is 1.92. The zero-order valence-corrected chi connectivity index (χ0v) is 12.0. The highest BCUT2D eigenvalue weighted by Gasteiger charge is 2.42. The number of ether oxygens (including phenoxy) is 1. The summed E-state index contributed by atoms with van der Waals surface area (Å²) >= 11 is 1.83. The summed E-state index contributed by atoms with van der Waals surface area (Å²) in [6.07, 6.45) is 9.16. The third kappa shape index (κ3) is 3.18. The van der Waals surface area contributed by atoms with Crippen LogP contribution in [0.2, 0.25) is 0 Å². The molecule has 0 aromatic rings. The van der Waals surface area contributed by atoms with Crippen molar-refractivity contribution in [2.45, 2.75) is 57.2 Å². The molecule has 3 unspecified atom stereocenters. The fourth-order valence-electron chi connectivity index (χ4n) is 3.55. The Hall–Kier alpha value is 0.270. The van der Waals surface area contributed by atoms with E-state index in [4.69, 9.17) is 4.74 Å². The lowest BCUT2D eigenvalue weighted by Crippen LogP contribution is -2.43. The van der Waals surface area contributed by atoms with E-state index < -0.39 is 0 Å². The highest BCUT2D eigenvalue weighted by atomic mass is 32.2. The molecule has 2 fully saturated rings. The molecule has 3 atom stereocenters. The maximum atomic E-state index is 10.4. The molecule has 1 aliphatic carbocycles. The van der Waals surface area contributed by atoms with E-state index in [1.54, 1.807) is 0 Å². The van der Waals surface area contributed by atoms with Crippen molar-refractivity contribution in [2.24, 2.45) is 11.8 Å². The molecular formula is C14H26O2S. The largest absolute Gasteiger partial charge is 0.393 e. The average Bonchev–Trinajstić information content (AvgIpc) is 2.76. The number of hydrogen-bond acceptors (Lipinski definition) is 3. The van der Waals surface area contributed by atoms with E-state index in [2.05, 4.69) is 13.2 Å². The van der Waals surface area contributed by atoms with Crippen LogP contribution in [-0.2, 0) is 4.74 Å². The van der Waals surface area contributed by atoms with Gasteiger partial charge in [0, 0.05) is 6.61 Å². The molecule has 0 radical (unpaired) electrons. The van der Waals surface area contributed by atoms with Crippen LogP contribution in [0, 0.1) is 11.8 Å². The normalized spacial score (nSPS) is 31.6. The first-order valence-corrected chi connectivity index (χ1v) is 8.37. The van der Waals surface area contributed by atoms with Crippen LogP contribution in [0.25, 0.3) is 0 Å². The van der Waals surface area contributed by atoms with Gasteiger partial charge in [-0.25, -0.2) is 0 Å². The minimum Gasteiger partial charge on any atom is -0.393 e. The van der Waals surface area contributed by atoms with Crippen LogP contribution < -0.4 is 0 Å². The number of rotatable bonds is 4. The molecule has 0 amide bonds. The molecule has 2 rings (SSSR count). The van der Waals surface area contributed by atoms with E-state index >= 15 is 0 Å². The van der Waals surface area contributed by atoms with Gasteiger partial charge < -0.3 is 9.84 Å². The number of aliphatic hydroxyl groups excluding tert-OH is 1. The molecule has 100 valence electrons. The van der Waals surface area contributed by atoms with Crippen LogP contribution in [0.15, 0.2) is 0 Å². The number of thioether (sulfide) groups is 1. The van der Waals surface area contributed by atoms with Gasteiger partial charge in [-0.3, -0.25) is 0 Å². The molecule has 3 heteroatoms. The smallest absolute Gasteiger partial charge is 0.0686 e. The van der Waals surface area contributed by atoms with E-state index in [0.29, 0.717) is 11.8 Å². The van der Waals surface area contributed by atoms with Gasteiger partial charge in [-0.1, -0.05) is 19.8 Å². The van der Waals surface area contributed by atoms with Crippen LogP contribution in [0.4, 0.5) is 0 Å². The number of hydrogen-bond donors (Lipinski definition) is 1. The molecule has 1 spiro atoms. The van der Waals surface area contributed by atoms with Gasteiger partial charge in [-0.05, 0) is 49.5 Å². The SMILES string of the molecule is CSCC(C)C(O)C1CCOC2(CCCC2)C1. The first-order chi connectivity index (χ1) is 8.17. The van der Waals surface area contributed by atoms with Crippen molar-refractivity contribution in [1.82, 2.24) is 0 Å². The summed E-state index contributed by atoms with van der Waals surface area (Å²) in [6.45, 7) is 3.03. The van der Waals surface area contributed by atoms with Gasteiger partial charge in [0.2, 0.25) is 0 Å². The predicted octanol–water partition coefficient (Wildman–Crippen LogP) is 3.09. The third-order valence-corrected chi connectivity index (χ3v) is 5.40. The molecule has 1 N–H and O–H groups in total. The minimum absolute atomic E-state index is 0.135. The summed E-state index contributed by atoms with van der Waals surface area (Å²) < 4.78 is 6.03. The minimum atomic E-state index is -0.135. The van der Waals surface area contributed by atoms with E-state index in [9.17, 15) is 5.11 Å². The fourth-order valence-corrected chi connectivity index (χ4v) is 4.27. The Kier molecular flexibility index (Phi) is 4.79. The highest BCUT2D eigenvalue weighted by molar-refractivity contribution is 7.98. The van der Waals surface area contributed by atoms with Crippen LogP contribution in [0.1, 0.15) is 45.4 Å². The van der Waals surface area contributed by atoms with Crippen LogP contribution in [0.3, 0.4) is 0 Å². The summed E-state index contributed by atoms with van der Waals surface area (Å²) in [5.41, 5.74) is 0.142. The summed E-state index contributed by atoms with van der Waals surface area (Å²) in [5, 5.41) is 10.4. The fraction of sp³-hybridized carbons (Fsp3) is 1.00. The maximum absolute atomic E-state index is 10.4. The molecule has 1 aliphatic heterocycles. The van der Waals surface area contributed by atoms with Crippen molar-refractivity contribution >= 4 is 11.8 Å². The van der Waals surface area contributed by atoms with E-state index in [1.165, 1.54) is 25.7 Å². The molecule has 1 heterocycles. The highest BCUT2D eigenvalue weighted by Crippen LogP contribution is 2.43. The van der Waals surface area contributed by atoms with Gasteiger partial charge in [-0.2, -0.15) is 11.8 Å². The molecule has 0 bridgehead atoms. The lowest BCUT2D eigenvalue weighted by molar-refractivity contribution is -0.117. The Morgan fingerprint density at radius 3 is 2.76 bits per heavy atom. The van der Waals surface area contributed by atoms with Crippen LogP contribution >= 0.6 is 11.8 Å². The predicted molar refractivity (Wildman–Crippen MR) is 73.4 cm³/mol. The van der Waals surface area contributed by atoms with Gasteiger partial charge in [0.1, 0.15) is 0 Å². The summed E-state index contributed by atoms with van der Waals surface area (Å²) in [6, 6.07) is 0. The lowest BCUT2D eigenvalue weighted by Gasteiger charge is -2.41. The van der Waals surface area contributed by atoms with Crippen molar-refractivity contribution < 1.29 is 9.84 Å². The first kappa shape index (κ1) is 13.7. The maximum Gasteiger partial charge on any atom is 0.0686 e. The van der Waals surface area contributed by atoms with Gasteiger partial charge in [-0.15, -0.1) is 0 Å². The molecule has 1 saturated carbocycles. The second-order valence-corrected chi connectivity index (χ2v) is 6.83. The van der Waals surface area contributed by atoms with Gasteiger partial charge in [0.15, 0.2) is 0 Å². The zero-order valence-electron chi connectivity index (χ0n) is 11.2. The van der Waals surface area contributed by atoms with Gasteiger partial charge in [0.25, 0.3) is 0 Å². The van der Waals surface area contributed by atoms with Gasteiger partial charge in [0.05, 0.1) is 11.7 Å². The molecule has 1 saturated heterocycles. The standard InChI is InChI=1S/C14H26O2S/c1-11(10-17-2)13(15)12-5-8-16-14(9-12)6-3-4-7-14/h11-13,15H,3-10H2,1-2H3. The Bertz CT molecular complexity index is 238. The van der Waals surface area contributed by atoms with Crippen molar-refractivity contribution in [3.8, 4) is 0 Å². The molecule has 2 aliphatic rings. The first-order valence-electron chi connectivity index (χ1n) is 6.98. The van der Waals surface area contributed by atoms with Crippen molar-refractivity contribution in [2.75, 3.05) is 18.6 Å². The molecule has 0 aromatic carbocycles. The van der Waals surface area contributed by atoms with Crippen molar-refractivity contribution in [1.29, 1.82) is 0 Å². The summed E-state index contributed by atoms with van der Waals surface area (Å²) in [4.78, 5) is 0. The lowest BCUT2D eigenvalue weighted by atomic mass is 9.79. The third-order valence-electron chi connectivity index (χ3n) is 4.54. The molecule has 17 heavy (non-hydrogen) atoms. The quantitative estimate of drug-likeness (QED) is 0.840. The monoisotopic (exact) mass is 258 g/mol. The topological polar surface area (TPSA) is 29.5 Å². The second-order valence-electron chi connectivity index (χ2n) is 5.91. The van der Waals surface area contributed by atoms with Gasteiger partial charge >= 0.3 is 0 Å². The Labute approximate surface area is 110 Å². The molecule has 2 nitrogen and oxygen atoms in total. The van der Waals surface area contributed by atoms with Crippen molar-refractivity contribution in [3.63, 3.8) is 0 Å². The zero-order chi connectivity index (χ0) is 12.3. The summed E-state index contributed by atoms with van der Waals surface area (Å²) in [7, 11) is 0. The average molecular weight is 258 g/mol. The Morgan fingerprint density at radius 2 is 2.12 bits per heavy atom. The Morgan fingerprint density at radius 1 is 1.41 bits per heavy atom. The molecular weight excluding hydrogens is 232 g/mol. The van der Waals surface area contributed by atoms with E-state index in [0.717, 1.165) is 25.2 Å². The number of aliphatic hydroxyl groups is 1. The van der Waals surface area contributed by atoms with E-state index in [-0.39, 0.29) is 11.7 Å². The van der Waals surface area contributed by atoms with E-state index in [1.807, 2.05) is 11.8 Å². The summed E-state index contributed by atoms with van der Waals surface area (Å²) in [5.74, 6) is 1.93.